The van der Waals surface area contributed by atoms with Crippen LogP contribution in [-0.2, 0) is 6.54 Å². The maximum absolute atomic E-state index is 13.8. The van der Waals surface area contributed by atoms with E-state index in [4.69, 9.17) is 14.5 Å². The minimum atomic E-state index is -0.180. The van der Waals surface area contributed by atoms with E-state index in [1.54, 1.807) is 36.5 Å². The lowest BCUT2D eigenvalue weighted by Crippen LogP contribution is -2.30. The molecular weight excluding hydrogens is 446 g/mol. The summed E-state index contributed by atoms with van der Waals surface area (Å²) in [6.07, 6.45) is 3.46. The van der Waals surface area contributed by atoms with Crippen molar-refractivity contribution in [2.75, 3.05) is 12.0 Å². The average molecular weight is 468 g/mol. The number of hydrogen-bond acceptors (Lipinski definition) is 6. The van der Waals surface area contributed by atoms with E-state index in [0.717, 1.165) is 15.8 Å². The Morgan fingerprint density at radius 2 is 1.76 bits per heavy atom. The van der Waals surface area contributed by atoms with E-state index in [0.29, 0.717) is 34.5 Å². The number of anilines is 1. The number of aromatic nitrogens is 2. The molecule has 7 heteroatoms. The van der Waals surface area contributed by atoms with Crippen LogP contribution in [0.4, 0.5) is 5.13 Å². The molecule has 0 unspecified atom stereocenters. The van der Waals surface area contributed by atoms with Gasteiger partial charge in [0, 0.05) is 18.0 Å². The van der Waals surface area contributed by atoms with Crippen LogP contribution in [0.25, 0.3) is 10.2 Å². The fraction of sp³-hybridized carbons (Fsp3) is 0.0741. The van der Waals surface area contributed by atoms with Crippen molar-refractivity contribution in [3.63, 3.8) is 0 Å². The third kappa shape index (κ3) is 4.60. The molecule has 0 aliphatic carbocycles. The van der Waals surface area contributed by atoms with E-state index in [9.17, 15) is 4.79 Å². The number of para-hydroxylation sites is 2. The molecular formula is C27H21N3O3S. The molecule has 0 atom stereocenters. The average Bonchev–Trinajstić information content (AvgIpc) is 3.32. The summed E-state index contributed by atoms with van der Waals surface area (Å²) in [6.45, 7) is 0.332. The Bertz CT molecular complexity index is 1420. The Morgan fingerprint density at radius 3 is 2.56 bits per heavy atom. The first-order valence-electron chi connectivity index (χ1n) is 10.7. The topological polar surface area (TPSA) is 64.5 Å². The van der Waals surface area contributed by atoms with E-state index >= 15 is 0 Å². The number of pyridine rings is 1. The van der Waals surface area contributed by atoms with Gasteiger partial charge in [0.25, 0.3) is 5.91 Å². The van der Waals surface area contributed by atoms with Gasteiger partial charge in [0.1, 0.15) is 22.8 Å². The van der Waals surface area contributed by atoms with Gasteiger partial charge in [0.05, 0.1) is 18.4 Å². The van der Waals surface area contributed by atoms with Crippen LogP contribution in [0.15, 0.2) is 97.3 Å². The lowest BCUT2D eigenvalue weighted by Gasteiger charge is -2.20. The first-order chi connectivity index (χ1) is 16.7. The van der Waals surface area contributed by atoms with Crippen molar-refractivity contribution in [2.45, 2.75) is 6.54 Å². The van der Waals surface area contributed by atoms with Crippen molar-refractivity contribution in [3.05, 3.63) is 108 Å². The number of nitrogens with zero attached hydrogens (tertiary/aromatic N) is 3. The molecule has 0 aliphatic heterocycles. The summed E-state index contributed by atoms with van der Waals surface area (Å²) in [5.41, 5.74) is 2.14. The van der Waals surface area contributed by atoms with E-state index < -0.39 is 0 Å². The standard InChI is InChI=1S/C27H21N3O3S/c1-32-23-13-6-14-24-25(23)29-27(34-24)30(18-19-8-7-15-28-17-19)26(31)20-9-5-12-22(16-20)33-21-10-3-2-4-11-21/h2-17H,18H2,1H3. The Labute approximate surface area is 201 Å². The number of thiazole rings is 1. The zero-order chi connectivity index (χ0) is 23.3. The molecule has 3 aromatic carbocycles. The van der Waals surface area contributed by atoms with Crippen molar-refractivity contribution >= 4 is 32.6 Å². The lowest BCUT2D eigenvalue weighted by atomic mass is 10.1. The number of carbonyl (C=O) groups excluding carboxylic acids is 1. The summed E-state index contributed by atoms with van der Waals surface area (Å²) in [7, 11) is 1.62. The number of carbonyl (C=O) groups is 1. The van der Waals surface area contributed by atoms with Gasteiger partial charge in [-0.15, -0.1) is 0 Å². The molecule has 168 valence electrons. The summed E-state index contributed by atoms with van der Waals surface area (Å²) in [6, 6.07) is 26.2. The number of ether oxygens (including phenoxy) is 2. The van der Waals surface area contributed by atoms with E-state index in [-0.39, 0.29) is 5.91 Å². The molecule has 5 rings (SSSR count). The van der Waals surface area contributed by atoms with Crippen LogP contribution in [0.3, 0.4) is 0 Å². The summed E-state index contributed by atoms with van der Waals surface area (Å²) in [4.78, 5) is 24.4. The predicted molar refractivity (Wildman–Crippen MR) is 134 cm³/mol. The van der Waals surface area contributed by atoms with Crippen LogP contribution in [-0.4, -0.2) is 23.0 Å². The van der Waals surface area contributed by atoms with Crippen molar-refractivity contribution < 1.29 is 14.3 Å². The van der Waals surface area contributed by atoms with Crippen LogP contribution in [0, 0.1) is 0 Å². The van der Waals surface area contributed by atoms with Crippen molar-refractivity contribution in [2.24, 2.45) is 0 Å². The minimum Gasteiger partial charge on any atom is -0.494 e. The third-order valence-electron chi connectivity index (χ3n) is 5.19. The number of amides is 1. The molecule has 34 heavy (non-hydrogen) atoms. The fourth-order valence-electron chi connectivity index (χ4n) is 3.57. The zero-order valence-electron chi connectivity index (χ0n) is 18.4. The van der Waals surface area contributed by atoms with Crippen LogP contribution in [0.1, 0.15) is 15.9 Å². The number of rotatable bonds is 7. The molecule has 1 amide bonds. The molecule has 0 fully saturated rings. The van der Waals surface area contributed by atoms with Gasteiger partial charge in [0.15, 0.2) is 5.13 Å². The second-order valence-corrected chi connectivity index (χ2v) is 8.51. The SMILES string of the molecule is COc1cccc2sc(N(Cc3cccnc3)C(=O)c3cccc(Oc4ccccc4)c3)nc12. The lowest BCUT2D eigenvalue weighted by molar-refractivity contribution is 0.0985. The van der Waals surface area contributed by atoms with Crippen molar-refractivity contribution in [1.82, 2.24) is 9.97 Å². The van der Waals surface area contributed by atoms with Gasteiger partial charge in [-0.25, -0.2) is 4.98 Å². The minimum absolute atomic E-state index is 0.180. The third-order valence-corrected chi connectivity index (χ3v) is 6.23. The number of methoxy groups -OCH3 is 1. The van der Waals surface area contributed by atoms with Crippen LogP contribution in [0.2, 0.25) is 0 Å². The predicted octanol–water partition coefficient (Wildman–Crippen LogP) is 6.34. The van der Waals surface area contributed by atoms with Gasteiger partial charge in [0.2, 0.25) is 0 Å². The monoisotopic (exact) mass is 467 g/mol. The molecule has 2 heterocycles. The highest BCUT2D eigenvalue weighted by atomic mass is 32.1. The largest absolute Gasteiger partial charge is 0.494 e. The van der Waals surface area contributed by atoms with Gasteiger partial charge in [-0.2, -0.15) is 0 Å². The van der Waals surface area contributed by atoms with E-state index in [2.05, 4.69) is 4.98 Å². The van der Waals surface area contributed by atoms with E-state index in [1.165, 1.54) is 11.3 Å². The molecule has 0 spiro atoms. The van der Waals surface area contributed by atoms with Gasteiger partial charge in [-0.1, -0.05) is 47.7 Å². The first-order valence-corrected chi connectivity index (χ1v) is 11.5. The van der Waals surface area contributed by atoms with Gasteiger partial charge in [-0.05, 0) is 54.1 Å². The smallest absolute Gasteiger partial charge is 0.260 e. The van der Waals surface area contributed by atoms with Crippen LogP contribution >= 0.6 is 11.3 Å². The van der Waals surface area contributed by atoms with Crippen molar-refractivity contribution in [3.8, 4) is 17.2 Å². The van der Waals surface area contributed by atoms with Gasteiger partial charge < -0.3 is 9.47 Å². The molecule has 0 aliphatic rings. The van der Waals surface area contributed by atoms with Gasteiger partial charge >= 0.3 is 0 Å². The molecule has 0 bridgehead atoms. The molecule has 2 aromatic heterocycles. The maximum Gasteiger partial charge on any atom is 0.260 e. The Kier molecular flexibility index (Phi) is 6.18. The Morgan fingerprint density at radius 1 is 0.941 bits per heavy atom. The summed E-state index contributed by atoms with van der Waals surface area (Å²) in [5.74, 6) is 1.79. The fourth-order valence-corrected chi connectivity index (χ4v) is 4.55. The number of benzene rings is 3. The van der Waals surface area contributed by atoms with Crippen molar-refractivity contribution in [1.29, 1.82) is 0 Å². The van der Waals surface area contributed by atoms with Crippen LogP contribution in [0.5, 0.6) is 17.2 Å². The number of hydrogen-bond donors (Lipinski definition) is 0. The Hall–Kier alpha value is -4.23. The molecule has 0 saturated carbocycles. The quantitative estimate of drug-likeness (QED) is 0.279. The Balaban J connectivity index is 1.52. The molecule has 0 saturated heterocycles. The second-order valence-electron chi connectivity index (χ2n) is 7.50. The first kappa shape index (κ1) is 21.6. The van der Waals surface area contributed by atoms with Gasteiger partial charge in [-0.3, -0.25) is 14.7 Å². The van der Waals surface area contributed by atoms with E-state index in [1.807, 2.05) is 72.8 Å². The molecule has 0 N–H and O–H groups in total. The highest BCUT2D eigenvalue weighted by Gasteiger charge is 2.23. The highest BCUT2D eigenvalue weighted by molar-refractivity contribution is 7.22. The summed E-state index contributed by atoms with van der Waals surface area (Å²) < 4.78 is 12.4. The molecule has 0 radical (unpaired) electrons. The normalized spacial score (nSPS) is 10.7. The summed E-state index contributed by atoms with van der Waals surface area (Å²) in [5, 5.41) is 0.586. The zero-order valence-corrected chi connectivity index (χ0v) is 19.2. The summed E-state index contributed by atoms with van der Waals surface area (Å²) >= 11 is 1.45. The second kappa shape index (κ2) is 9.72. The van der Waals surface area contributed by atoms with Crippen LogP contribution < -0.4 is 14.4 Å². The number of fused-ring (bicyclic) bond motifs is 1. The molecule has 6 nitrogen and oxygen atoms in total. The molecule has 5 aromatic rings. The highest BCUT2D eigenvalue weighted by Crippen LogP contribution is 2.35. The maximum atomic E-state index is 13.8.